The molecule has 0 aromatic heterocycles. The Morgan fingerprint density at radius 2 is 1.55 bits per heavy atom. The van der Waals surface area contributed by atoms with Gasteiger partial charge in [-0.2, -0.15) is 0 Å². The molecule has 2 unspecified atom stereocenters. The Labute approximate surface area is 142 Å². The van der Waals surface area contributed by atoms with E-state index in [1.807, 2.05) is 0 Å². The molecular formula is C19H37I. The van der Waals surface area contributed by atoms with Crippen LogP contribution in [0.1, 0.15) is 90.9 Å². The molecule has 0 radical (unpaired) electrons. The fourth-order valence-electron chi connectivity index (χ4n) is 2.85. The number of allylic oxidation sites excluding steroid dienone is 1. The Balaban J connectivity index is 3.48. The quantitative estimate of drug-likeness (QED) is 0.117. The van der Waals surface area contributed by atoms with E-state index in [2.05, 4.69) is 49.1 Å². The van der Waals surface area contributed by atoms with Crippen LogP contribution in [-0.4, -0.2) is 4.43 Å². The van der Waals surface area contributed by atoms with Crippen LogP contribution in [0.25, 0.3) is 0 Å². The summed E-state index contributed by atoms with van der Waals surface area (Å²) in [5.41, 5.74) is 0. The molecule has 0 saturated carbocycles. The summed E-state index contributed by atoms with van der Waals surface area (Å²) in [5, 5.41) is 0. The van der Waals surface area contributed by atoms with Gasteiger partial charge in [0.1, 0.15) is 0 Å². The highest BCUT2D eigenvalue weighted by Crippen LogP contribution is 2.23. The number of rotatable bonds is 15. The van der Waals surface area contributed by atoms with Crippen molar-refractivity contribution in [2.45, 2.75) is 90.9 Å². The molecule has 20 heavy (non-hydrogen) atoms. The average Bonchev–Trinajstić information content (AvgIpc) is 2.47. The molecule has 0 rings (SSSR count). The summed E-state index contributed by atoms with van der Waals surface area (Å²) in [6.07, 6.45) is 19.0. The van der Waals surface area contributed by atoms with Gasteiger partial charge in [-0.1, -0.05) is 100 Å². The largest absolute Gasteiger partial charge is 0.103 e. The van der Waals surface area contributed by atoms with Crippen LogP contribution in [0.2, 0.25) is 0 Å². The first-order valence-corrected chi connectivity index (χ1v) is 10.4. The maximum Gasteiger partial charge on any atom is -0.000473 e. The maximum atomic E-state index is 3.82. The molecule has 0 amide bonds. The molecule has 1 heteroatoms. The second-order valence-electron chi connectivity index (χ2n) is 6.42. The zero-order valence-electron chi connectivity index (χ0n) is 14.0. The number of hydrogen-bond donors (Lipinski definition) is 0. The van der Waals surface area contributed by atoms with E-state index in [1.165, 1.54) is 81.5 Å². The van der Waals surface area contributed by atoms with E-state index in [1.54, 1.807) is 0 Å². The lowest BCUT2D eigenvalue weighted by molar-refractivity contribution is 0.359. The predicted octanol–water partition coefficient (Wildman–Crippen LogP) is 7.56. The molecule has 0 bridgehead atoms. The Morgan fingerprint density at radius 3 is 2.15 bits per heavy atom. The minimum Gasteiger partial charge on any atom is -0.103 e. The summed E-state index contributed by atoms with van der Waals surface area (Å²) in [6.45, 7) is 8.60. The number of alkyl halides is 1. The normalized spacial score (nSPS) is 14.2. The van der Waals surface area contributed by atoms with Crippen LogP contribution in [0.15, 0.2) is 12.7 Å². The highest BCUT2D eigenvalue weighted by molar-refractivity contribution is 14.1. The van der Waals surface area contributed by atoms with Crippen molar-refractivity contribution in [3.8, 4) is 0 Å². The van der Waals surface area contributed by atoms with Gasteiger partial charge in [0, 0.05) is 0 Å². The molecule has 0 nitrogen and oxygen atoms in total. The van der Waals surface area contributed by atoms with Crippen LogP contribution >= 0.6 is 22.6 Å². The Bertz CT molecular complexity index is 200. The number of unbranched alkanes of at least 4 members (excludes halogenated alkanes) is 5. The summed E-state index contributed by atoms with van der Waals surface area (Å²) in [4.78, 5) is 0. The van der Waals surface area contributed by atoms with Crippen LogP contribution < -0.4 is 0 Å². The number of halogens is 1. The third kappa shape index (κ3) is 13.5. The van der Waals surface area contributed by atoms with Gasteiger partial charge in [-0.25, -0.2) is 0 Å². The monoisotopic (exact) mass is 392 g/mol. The van der Waals surface area contributed by atoms with E-state index in [0.717, 1.165) is 11.8 Å². The van der Waals surface area contributed by atoms with E-state index in [4.69, 9.17) is 0 Å². The van der Waals surface area contributed by atoms with Gasteiger partial charge in [0.15, 0.2) is 0 Å². The molecule has 0 aromatic carbocycles. The van der Waals surface area contributed by atoms with Crippen LogP contribution in [0.3, 0.4) is 0 Å². The lowest BCUT2D eigenvalue weighted by Crippen LogP contribution is -2.03. The zero-order valence-corrected chi connectivity index (χ0v) is 16.2. The van der Waals surface area contributed by atoms with Crippen molar-refractivity contribution >= 4 is 22.6 Å². The smallest absolute Gasteiger partial charge is 0.000473 e. The molecule has 0 aliphatic heterocycles. The van der Waals surface area contributed by atoms with Crippen molar-refractivity contribution in [2.24, 2.45) is 11.8 Å². The molecule has 0 aliphatic carbocycles. The van der Waals surface area contributed by atoms with Gasteiger partial charge in [-0.3, -0.25) is 0 Å². The molecule has 0 N–H and O–H groups in total. The number of hydrogen-bond acceptors (Lipinski definition) is 0. The van der Waals surface area contributed by atoms with Crippen molar-refractivity contribution in [1.82, 2.24) is 0 Å². The molecule has 0 heterocycles. The fourth-order valence-corrected chi connectivity index (χ4v) is 3.39. The molecule has 0 spiro atoms. The van der Waals surface area contributed by atoms with Gasteiger partial charge >= 0.3 is 0 Å². The summed E-state index contributed by atoms with van der Waals surface area (Å²) < 4.78 is 1.33. The molecular weight excluding hydrogens is 355 g/mol. The zero-order chi connectivity index (χ0) is 15.1. The van der Waals surface area contributed by atoms with E-state index in [0.29, 0.717) is 0 Å². The van der Waals surface area contributed by atoms with Gasteiger partial charge < -0.3 is 0 Å². The minimum atomic E-state index is 0.885. The Kier molecular flexibility index (Phi) is 16.2. The highest BCUT2D eigenvalue weighted by atomic mass is 127. The topological polar surface area (TPSA) is 0 Å². The third-order valence-corrected chi connectivity index (χ3v) is 5.27. The van der Waals surface area contributed by atoms with E-state index >= 15 is 0 Å². The van der Waals surface area contributed by atoms with Crippen LogP contribution in [-0.2, 0) is 0 Å². The fraction of sp³-hybridized carbons (Fsp3) is 0.895. The van der Waals surface area contributed by atoms with Crippen molar-refractivity contribution in [2.75, 3.05) is 4.43 Å². The summed E-state index contributed by atoms with van der Waals surface area (Å²) in [5.74, 6) is 1.87. The molecule has 0 aromatic rings. The SMILES string of the molecule is C=CCCC(C)CCC(CC)CCCCCCCCI. The Morgan fingerprint density at radius 1 is 0.900 bits per heavy atom. The molecule has 0 fully saturated rings. The third-order valence-electron chi connectivity index (χ3n) is 4.50. The lowest BCUT2D eigenvalue weighted by atomic mass is 9.89. The van der Waals surface area contributed by atoms with Gasteiger partial charge in [0.2, 0.25) is 0 Å². The first-order chi connectivity index (χ1) is 9.74. The van der Waals surface area contributed by atoms with Crippen molar-refractivity contribution in [3.05, 3.63) is 12.7 Å². The average molecular weight is 392 g/mol. The van der Waals surface area contributed by atoms with Crippen LogP contribution in [0, 0.1) is 11.8 Å². The first-order valence-electron chi connectivity index (χ1n) is 8.91. The van der Waals surface area contributed by atoms with E-state index in [9.17, 15) is 0 Å². The summed E-state index contributed by atoms with van der Waals surface area (Å²) in [7, 11) is 0. The van der Waals surface area contributed by atoms with Crippen LogP contribution in [0.4, 0.5) is 0 Å². The molecule has 0 saturated heterocycles. The lowest BCUT2D eigenvalue weighted by Gasteiger charge is -2.17. The summed E-state index contributed by atoms with van der Waals surface area (Å²) >= 11 is 2.49. The molecule has 120 valence electrons. The first kappa shape index (κ1) is 20.5. The van der Waals surface area contributed by atoms with Gasteiger partial charge in [-0.05, 0) is 35.5 Å². The second-order valence-corrected chi connectivity index (χ2v) is 7.50. The maximum absolute atomic E-state index is 3.82. The van der Waals surface area contributed by atoms with Crippen molar-refractivity contribution in [3.63, 3.8) is 0 Å². The van der Waals surface area contributed by atoms with Gasteiger partial charge in [0.05, 0.1) is 0 Å². The van der Waals surface area contributed by atoms with Crippen molar-refractivity contribution < 1.29 is 0 Å². The standard InChI is InChI=1S/C19H37I/c1-4-6-13-18(3)15-16-19(5-2)14-11-9-7-8-10-12-17-20/h4,18-19H,1,5-17H2,2-3H3. The summed E-state index contributed by atoms with van der Waals surface area (Å²) in [6, 6.07) is 0. The Hall–Kier alpha value is 0.470. The minimum absolute atomic E-state index is 0.885. The van der Waals surface area contributed by atoms with Crippen molar-refractivity contribution in [1.29, 1.82) is 0 Å². The van der Waals surface area contributed by atoms with E-state index in [-0.39, 0.29) is 0 Å². The second kappa shape index (κ2) is 15.9. The molecule has 2 atom stereocenters. The van der Waals surface area contributed by atoms with E-state index < -0.39 is 0 Å². The predicted molar refractivity (Wildman–Crippen MR) is 103 cm³/mol. The molecule has 0 aliphatic rings. The van der Waals surface area contributed by atoms with Gasteiger partial charge in [-0.15, -0.1) is 6.58 Å². The highest BCUT2D eigenvalue weighted by Gasteiger charge is 2.09. The van der Waals surface area contributed by atoms with Gasteiger partial charge in [0.25, 0.3) is 0 Å². The van der Waals surface area contributed by atoms with Crippen LogP contribution in [0.5, 0.6) is 0 Å².